The molecule has 18 heavy (non-hydrogen) atoms. The molecule has 0 aliphatic heterocycles. The van der Waals surface area contributed by atoms with Gasteiger partial charge < -0.3 is 22.1 Å². The van der Waals surface area contributed by atoms with Crippen molar-refractivity contribution >= 4 is 17.6 Å². The molecule has 6 heteroatoms. The van der Waals surface area contributed by atoms with E-state index >= 15 is 0 Å². The van der Waals surface area contributed by atoms with Gasteiger partial charge in [-0.3, -0.25) is 4.79 Å². The highest BCUT2D eigenvalue weighted by atomic mass is 16.2. The second-order valence-electron chi connectivity index (χ2n) is 3.88. The van der Waals surface area contributed by atoms with Crippen molar-refractivity contribution in [3.63, 3.8) is 0 Å². The molecule has 3 amide bonds. The third-order valence-corrected chi connectivity index (χ3v) is 2.37. The molecular weight excluding hydrogens is 232 g/mol. The fourth-order valence-electron chi connectivity index (χ4n) is 1.42. The first-order valence-electron chi connectivity index (χ1n) is 5.72. The van der Waals surface area contributed by atoms with E-state index in [-0.39, 0.29) is 5.91 Å². The van der Waals surface area contributed by atoms with Crippen LogP contribution in [0.2, 0.25) is 0 Å². The number of anilines is 1. The molecule has 1 aromatic carbocycles. The lowest BCUT2D eigenvalue weighted by Crippen LogP contribution is -2.37. The average Bonchev–Trinajstić information content (AvgIpc) is 2.34. The van der Waals surface area contributed by atoms with Gasteiger partial charge in [0.2, 0.25) is 5.91 Å². The van der Waals surface area contributed by atoms with Crippen molar-refractivity contribution < 1.29 is 9.59 Å². The molecule has 0 atom stereocenters. The van der Waals surface area contributed by atoms with Gasteiger partial charge in [0.15, 0.2) is 0 Å². The Morgan fingerprint density at radius 1 is 1.06 bits per heavy atom. The number of rotatable bonds is 6. The van der Waals surface area contributed by atoms with Crippen molar-refractivity contribution in [1.82, 2.24) is 10.6 Å². The first-order valence-corrected chi connectivity index (χ1v) is 5.72. The second-order valence-corrected chi connectivity index (χ2v) is 3.88. The first kappa shape index (κ1) is 13.8. The number of nitrogens with one attached hydrogen (secondary N) is 2. The van der Waals surface area contributed by atoms with Gasteiger partial charge in [0.05, 0.1) is 0 Å². The average molecular weight is 250 g/mol. The van der Waals surface area contributed by atoms with E-state index in [0.29, 0.717) is 31.6 Å². The molecule has 1 aromatic rings. The number of benzene rings is 1. The van der Waals surface area contributed by atoms with Gasteiger partial charge in [0.1, 0.15) is 0 Å². The lowest BCUT2D eigenvalue weighted by Gasteiger charge is -2.05. The molecule has 0 aliphatic rings. The third-order valence-electron chi connectivity index (χ3n) is 2.37. The number of primary amides is 1. The number of aryl methyl sites for hydroxylation is 1. The Morgan fingerprint density at radius 3 is 2.28 bits per heavy atom. The van der Waals surface area contributed by atoms with E-state index in [1.165, 1.54) is 0 Å². The summed E-state index contributed by atoms with van der Waals surface area (Å²) in [6.07, 6.45) is 1.07. The summed E-state index contributed by atoms with van der Waals surface area (Å²) in [5.41, 5.74) is 12.2. The van der Waals surface area contributed by atoms with Crippen LogP contribution in [0, 0.1) is 0 Å². The molecule has 6 N–H and O–H groups in total. The summed E-state index contributed by atoms with van der Waals surface area (Å²) in [6, 6.07) is 6.83. The van der Waals surface area contributed by atoms with E-state index in [4.69, 9.17) is 11.5 Å². The van der Waals surface area contributed by atoms with Crippen LogP contribution in [0.15, 0.2) is 24.3 Å². The fraction of sp³-hybridized carbons (Fsp3) is 0.333. The molecule has 1 rings (SSSR count). The molecule has 0 heterocycles. The van der Waals surface area contributed by atoms with Crippen molar-refractivity contribution in [2.45, 2.75) is 12.8 Å². The summed E-state index contributed by atoms with van der Waals surface area (Å²) < 4.78 is 0. The fourth-order valence-corrected chi connectivity index (χ4v) is 1.42. The lowest BCUT2D eigenvalue weighted by atomic mass is 10.1. The van der Waals surface area contributed by atoms with Gasteiger partial charge in [-0.15, -0.1) is 0 Å². The highest BCUT2D eigenvalue weighted by Crippen LogP contribution is 2.07. The van der Waals surface area contributed by atoms with E-state index in [2.05, 4.69) is 10.6 Å². The number of urea groups is 1. The summed E-state index contributed by atoms with van der Waals surface area (Å²) in [6.45, 7) is 0.715. The third kappa shape index (κ3) is 5.74. The predicted molar refractivity (Wildman–Crippen MR) is 69.8 cm³/mol. The van der Waals surface area contributed by atoms with Gasteiger partial charge in [0.25, 0.3) is 0 Å². The van der Waals surface area contributed by atoms with E-state index < -0.39 is 6.03 Å². The summed E-state index contributed by atoms with van der Waals surface area (Å²) >= 11 is 0. The Morgan fingerprint density at radius 2 is 1.67 bits per heavy atom. The predicted octanol–water partition coefficient (Wildman–Crippen LogP) is -0.0141. The van der Waals surface area contributed by atoms with E-state index in [0.717, 1.165) is 5.56 Å². The molecule has 6 nitrogen and oxygen atoms in total. The summed E-state index contributed by atoms with van der Waals surface area (Å²) in [5.74, 6) is -0.0573. The Kier molecular flexibility index (Phi) is 5.50. The minimum Gasteiger partial charge on any atom is -0.399 e. The van der Waals surface area contributed by atoms with Gasteiger partial charge >= 0.3 is 6.03 Å². The summed E-state index contributed by atoms with van der Waals surface area (Å²) in [4.78, 5) is 21.8. The molecule has 0 fully saturated rings. The van der Waals surface area contributed by atoms with Crippen molar-refractivity contribution in [2.24, 2.45) is 5.73 Å². The highest BCUT2D eigenvalue weighted by Gasteiger charge is 2.01. The smallest absolute Gasteiger partial charge is 0.312 e. The maximum Gasteiger partial charge on any atom is 0.312 e. The second kappa shape index (κ2) is 7.16. The van der Waals surface area contributed by atoms with Crippen LogP contribution in [0.4, 0.5) is 10.5 Å². The molecule has 0 saturated heterocycles. The van der Waals surface area contributed by atoms with Gasteiger partial charge in [-0.1, -0.05) is 12.1 Å². The van der Waals surface area contributed by atoms with E-state index in [1.807, 2.05) is 24.3 Å². The van der Waals surface area contributed by atoms with Crippen LogP contribution in [-0.4, -0.2) is 25.0 Å². The van der Waals surface area contributed by atoms with Crippen LogP contribution < -0.4 is 22.1 Å². The summed E-state index contributed by atoms with van der Waals surface area (Å²) in [7, 11) is 0. The van der Waals surface area contributed by atoms with Crippen LogP contribution in [0.5, 0.6) is 0 Å². The Bertz CT molecular complexity index is 403. The largest absolute Gasteiger partial charge is 0.399 e. The molecule has 0 unspecified atom stereocenters. The minimum atomic E-state index is -0.592. The number of carbonyl (C=O) groups is 2. The standard InChI is InChI=1S/C12H18N4O2/c13-10-4-1-9(2-5-10)3-6-11(17)15-7-8-16-12(14)18/h1-2,4-5H,3,6-8,13H2,(H,15,17)(H3,14,16,18). The molecule has 0 aliphatic carbocycles. The summed E-state index contributed by atoms with van der Waals surface area (Å²) in [5, 5.41) is 5.08. The maximum atomic E-state index is 11.4. The van der Waals surface area contributed by atoms with Crippen molar-refractivity contribution in [3.8, 4) is 0 Å². The van der Waals surface area contributed by atoms with E-state index in [9.17, 15) is 9.59 Å². The van der Waals surface area contributed by atoms with Crippen LogP contribution >= 0.6 is 0 Å². The van der Waals surface area contributed by atoms with Gasteiger partial charge in [-0.25, -0.2) is 4.79 Å². The van der Waals surface area contributed by atoms with Gasteiger partial charge in [-0.05, 0) is 24.1 Å². The zero-order valence-corrected chi connectivity index (χ0v) is 10.1. The van der Waals surface area contributed by atoms with Crippen molar-refractivity contribution in [3.05, 3.63) is 29.8 Å². The van der Waals surface area contributed by atoms with Crippen LogP contribution in [-0.2, 0) is 11.2 Å². The molecular formula is C12H18N4O2. The molecule has 98 valence electrons. The van der Waals surface area contributed by atoms with Gasteiger partial charge in [-0.2, -0.15) is 0 Å². The van der Waals surface area contributed by atoms with Crippen LogP contribution in [0.3, 0.4) is 0 Å². The number of hydrogen-bond donors (Lipinski definition) is 4. The molecule has 0 saturated carbocycles. The Balaban J connectivity index is 2.17. The first-order chi connectivity index (χ1) is 8.58. The zero-order valence-electron chi connectivity index (χ0n) is 10.1. The maximum absolute atomic E-state index is 11.4. The zero-order chi connectivity index (χ0) is 13.4. The normalized spacial score (nSPS) is 9.78. The molecule has 0 spiro atoms. The van der Waals surface area contributed by atoms with Crippen molar-refractivity contribution in [2.75, 3.05) is 18.8 Å². The van der Waals surface area contributed by atoms with Crippen LogP contribution in [0.1, 0.15) is 12.0 Å². The monoisotopic (exact) mass is 250 g/mol. The Hall–Kier alpha value is -2.24. The Labute approximate surface area is 106 Å². The molecule has 0 aromatic heterocycles. The number of hydrogen-bond acceptors (Lipinski definition) is 3. The molecule has 0 bridgehead atoms. The van der Waals surface area contributed by atoms with Crippen molar-refractivity contribution in [1.29, 1.82) is 0 Å². The van der Waals surface area contributed by atoms with Crippen LogP contribution in [0.25, 0.3) is 0 Å². The number of carbonyl (C=O) groups excluding carboxylic acids is 2. The lowest BCUT2D eigenvalue weighted by molar-refractivity contribution is -0.121. The topological polar surface area (TPSA) is 110 Å². The SMILES string of the molecule is NC(=O)NCCNC(=O)CCc1ccc(N)cc1. The van der Waals surface area contributed by atoms with Gasteiger partial charge in [0, 0.05) is 25.2 Å². The highest BCUT2D eigenvalue weighted by molar-refractivity contribution is 5.76. The molecule has 0 radical (unpaired) electrons. The quantitative estimate of drug-likeness (QED) is 0.421. The number of amides is 3. The van der Waals surface area contributed by atoms with E-state index in [1.54, 1.807) is 0 Å². The number of nitrogen functional groups attached to an aromatic ring is 1. The number of nitrogens with two attached hydrogens (primary N) is 2. The minimum absolute atomic E-state index is 0.0573.